The number of alkyl halides is 3. The lowest BCUT2D eigenvalue weighted by Gasteiger charge is -2.07. The van der Waals surface area contributed by atoms with E-state index in [0.717, 1.165) is 24.5 Å². The quantitative estimate of drug-likeness (QED) is 0.880. The number of hydrogen-bond acceptors (Lipinski definition) is 2. The molecule has 21 heavy (non-hydrogen) atoms. The molecule has 0 saturated carbocycles. The van der Waals surface area contributed by atoms with Crippen LogP contribution >= 0.6 is 0 Å². The van der Waals surface area contributed by atoms with Crippen LogP contribution in [-0.2, 0) is 12.7 Å². The molecule has 0 aliphatic carbocycles. The second-order valence-electron chi connectivity index (χ2n) is 5.34. The highest BCUT2D eigenvalue weighted by molar-refractivity contribution is 5.58. The van der Waals surface area contributed by atoms with Gasteiger partial charge in [0, 0.05) is 0 Å². The van der Waals surface area contributed by atoms with Crippen LogP contribution in [0.4, 0.5) is 13.2 Å². The van der Waals surface area contributed by atoms with Crippen molar-refractivity contribution in [2.45, 2.75) is 26.6 Å². The minimum absolute atomic E-state index is 0.550. The topological polar surface area (TPSA) is 40.7 Å². The van der Waals surface area contributed by atoms with E-state index in [0.29, 0.717) is 23.7 Å². The molecule has 2 aromatic rings. The molecule has 0 fully saturated rings. The molecule has 3 nitrogen and oxygen atoms in total. The van der Waals surface area contributed by atoms with Gasteiger partial charge in [-0.15, -0.1) is 0 Å². The first-order chi connectivity index (χ1) is 9.86. The van der Waals surface area contributed by atoms with Crippen molar-refractivity contribution in [1.29, 1.82) is 0 Å². The fraction of sp³-hybridized carbons (Fsp3) is 0.400. The van der Waals surface area contributed by atoms with Crippen LogP contribution in [-0.4, -0.2) is 16.5 Å². The molecule has 0 amide bonds. The summed E-state index contributed by atoms with van der Waals surface area (Å²) in [4.78, 5) is 7.33. The zero-order valence-corrected chi connectivity index (χ0v) is 12.0. The summed E-state index contributed by atoms with van der Waals surface area (Å²) in [5.74, 6) is 1.32. The summed E-state index contributed by atoms with van der Waals surface area (Å²) >= 11 is 0. The maximum atomic E-state index is 12.5. The fourth-order valence-corrected chi connectivity index (χ4v) is 1.92. The number of nitrogens with zero attached hydrogens (tertiary/aromatic N) is 1. The first-order valence-corrected chi connectivity index (χ1v) is 6.78. The van der Waals surface area contributed by atoms with E-state index in [1.807, 2.05) is 0 Å². The highest BCUT2D eigenvalue weighted by atomic mass is 19.4. The second-order valence-corrected chi connectivity index (χ2v) is 5.34. The highest BCUT2D eigenvalue weighted by Gasteiger charge is 2.29. The van der Waals surface area contributed by atoms with Crippen molar-refractivity contribution < 1.29 is 13.2 Å². The van der Waals surface area contributed by atoms with Crippen molar-refractivity contribution in [3.05, 3.63) is 41.9 Å². The van der Waals surface area contributed by atoms with Crippen LogP contribution < -0.4 is 5.32 Å². The zero-order chi connectivity index (χ0) is 15.5. The van der Waals surface area contributed by atoms with Gasteiger partial charge in [-0.1, -0.05) is 26.0 Å². The van der Waals surface area contributed by atoms with Gasteiger partial charge in [0.05, 0.1) is 24.0 Å². The minimum Gasteiger partial charge on any atom is -0.341 e. The van der Waals surface area contributed by atoms with E-state index in [2.05, 4.69) is 29.1 Å². The fourth-order valence-electron chi connectivity index (χ4n) is 1.92. The third-order valence-corrected chi connectivity index (χ3v) is 3.00. The Balaban J connectivity index is 2.04. The van der Waals surface area contributed by atoms with Crippen molar-refractivity contribution in [3.63, 3.8) is 0 Å². The van der Waals surface area contributed by atoms with E-state index >= 15 is 0 Å². The lowest BCUT2D eigenvalue weighted by Crippen LogP contribution is -2.19. The molecule has 6 heteroatoms. The van der Waals surface area contributed by atoms with Crippen molar-refractivity contribution >= 4 is 0 Å². The molecular weight excluding hydrogens is 279 g/mol. The van der Waals surface area contributed by atoms with Gasteiger partial charge >= 0.3 is 6.18 Å². The van der Waals surface area contributed by atoms with Crippen LogP contribution in [0, 0.1) is 5.92 Å². The summed E-state index contributed by atoms with van der Waals surface area (Å²) < 4.78 is 37.5. The predicted octanol–water partition coefficient (Wildman–Crippen LogP) is 3.84. The summed E-state index contributed by atoms with van der Waals surface area (Å²) in [6.45, 7) is 5.72. The van der Waals surface area contributed by atoms with Crippen molar-refractivity contribution in [1.82, 2.24) is 15.3 Å². The molecule has 0 unspecified atom stereocenters. The molecule has 0 spiro atoms. The van der Waals surface area contributed by atoms with E-state index in [4.69, 9.17) is 0 Å². The van der Waals surface area contributed by atoms with Gasteiger partial charge in [0.25, 0.3) is 0 Å². The van der Waals surface area contributed by atoms with Gasteiger partial charge in [-0.3, -0.25) is 0 Å². The van der Waals surface area contributed by atoms with Crippen LogP contribution in [0.1, 0.15) is 25.2 Å². The number of benzene rings is 1. The predicted molar refractivity (Wildman–Crippen MR) is 75.6 cm³/mol. The Morgan fingerprint density at radius 3 is 2.43 bits per heavy atom. The molecular formula is C15H18F3N3. The number of halogens is 3. The van der Waals surface area contributed by atoms with Crippen LogP contribution in [0.5, 0.6) is 0 Å². The van der Waals surface area contributed by atoms with E-state index in [1.165, 1.54) is 12.1 Å². The third kappa shape index (κ3) is 4.32. The summed E-state index contributed by atoms with van der Waals surface area (Å²) in [5.41, 5.74) is 0.750. The smallest absolute Gasteiger partial charge is 0.341 e. The van der Waals surface area contributed by atoms with E-state index < -0.39 is 11.7 Å². The maximum Gasteiger partial charge on any atom is 0.416 e. The lowest BCUT2D eigenvalue weighted by atomic mass is 10.1. The normalized spacial score (nSPS) is 12.1. The number of rotatable bonds is 5. The Morgan fingerprint density at radius 1 is 1.19 bits per heavy atom. The lowest BCUT2D eigenvalue weighted by molar-refractivity contribution is -0.137. The third-order valence-electron chi connectivity index (χ3n) is 3.00. The molecule has 0 radical (unpaired) electrons. The molecule has 0 atom stereocenters. The Labute approximate surface area is 121 Å². The Morgan fingerprint density at radius 2 is 1.86 bits per heavy atom. The molecule has 1 aromatic heterocycles. The maximum absolute atomic E-state index is 12.5. The number of H-pyrrole nitrogens is 1. The van der Waals surface area contributed by atoms with Crippen LogP contribution in [0.15, 0.2) is 30.5 Å². The van der Waals surface area contributed by atoms with Crippen LogP contribution in [0.2, 0.25) is 0 Å². The second kappa shape index (κ2) is 6.30. The monoisotopic (exact) mass is 297 g/mol. The summed E-state index contributed by atoms with van der Waals surface area (Å²) in [6, 6.07) is 5.04. The minimum atomic E-state index is -4.31. The van der Waals surface area contributed by atoms with Crippen LogP contribution in [0.25, 0.3) is 11.3 Å². The standard InChI is InChI=1S/C15H18F3N3/c1-10(2)7-19-9-14-20-8-13(21-14)11-3-5-12(6-4-11)15(16,17)18/h3-6,8,10,19H,7,9H2,1-2H3,(H,20,21). The van der Waals surface area contributed by atoms with E-state index in [9.17, 15) is 13.2 Å². The number of imidazole rings is 1. The number of hydrogen-bond donors (Lipinski definition) is 2. The zero-order valence-electron chi connectivity index (χ0n) is 12.0. The molecule has 2 N–H and O–H groups in total. The van der Waals surface area contributed by atoms with E-state index in [1.54, 1.807) is 6.20 Å². The molecule has 2 rings (SSSR count). The van der Waals surface area contributed by atoms with Crippen molar-refractivity contribution in [3.8, 4) is 11.3 Å². The van der Waals surface area contributed by atoms with Crippen molar-refractivity contribution in [2.24, 2.45) is 5.92 Å². The molecule has 0 saturated heterocycles. The number of nitrogens with one attached hydrogen (secondary N) is 2. The first kappa shape index (κ1) is 15.6. The average molecular weight is 297 g/mol. The Hall–Kier alpha value is -1.82. The van der Waals surface area contributed by atoms with Gasteiger partial charge in [0.2, 0.25) is 0 Å². The first-order valence-electron chi connectivity index (χ1n) is 6.78. The molecule has 0 aliphatic heterocycles. The van der Waals surface area contributed by atoms with Gasteiger partial charge < -0.3 is 10.3 Å². The van der Waals surface area contributed by atoms with Gasteiger partial charge in [0.15, 0.2) is 0 Å². The Bertz CT molecular complexity index is 571. The van der Waals surface area contributed by atoms with Gasteiger partial charge in [0.1, 0.15) is 5.82 Å². The molecule has 0 bridgehead atoms. The van der Waals surface area contributed by atoms with Gasteiger partial charge in [-0.2, -0.15) is 13.2 Å². The summed E-state index contributed by atoms with van der Waals surface area (Å²) in [6.07, 6.45) is -2.67. The van der Waals surface area contributed by atoms with Crippen LogP contribution in [0.3, 0.4) is 0 Å². The average Bonchev–Trinajstić information content (AvgIpc) is 2.86. The van der Waals surface area contributed by atoms with E-state index in [-0.39, 0.29) is 0 Å². The SMILES string of the molecule is CC(C)CNCc1ncc(-c2ccc(C(F)(F)F)cc2)[nH]1. The van der Waals surface area contributed by atoms with Crippen molar-refractivity contribution in [2.75, 3.05) is 6.54 Å². The number of aromatic nitrogens is 2. The molecule has 0 aliphatic rings. The van der Waals surface area contributed by atoms with Gasteiger partial charge in [-0.25, -0.2) is 4.98 Å². The summed E-state index contributed by atoms with van der Waals surface area (Å²) in [7, 11) is 0. The van der Waals surface area contributed by atoms with Gasteiger partial charge in [-0.05, 0) is 30.2 Å². The largest absolute Gasteiger partial charge is 0.416 e. The summed E-state index contributed by atoms with van der Waals surface area (Å²) in [5, 5.41) is 3.25. The molecule has 1 aromatic carbocycles. The molecule has 1 heterocycles. The Kier molecular flexibility index (Phi) is 4.67. The molecule has 114 valence electrons. The highest BCUT2D eigenvalue weighted by Crippen LogP contribution is 2.30. The number of aromatic amines is 1.